The van der Waals surface area contributed by atoms with Crippen LogP contribution < -0.4 is 9.47 Å². The van der Waals surface area contributed by atoms with Gasteiger partial charge in [-0.3, -0.25) is 4.79 Å². The van der Waals surface area contributed by atoms with Gasteiger partial charge in [0.05, 0.1) is 64.0 Å². The van der Waals surface area contributed by atoms with Crippen LogP contribution in [0.2, 0.25) is 0 Å². The summed E-state index contributed by atoms with van der Waals surface area (Å²) >= 11 is 0. The molecule has 0 aliphatic carbocycles. The summed E-state index contributed by atoms with van der Waals surface area (Å²) in [5, 5.41) is 0. The third-order valence-corrected chi connectivity index (χ3v) is 4.47. The molecule has 0 N–H and O–H groups in total. The van der Waals surface area contributed by atoms with E-state index < -0.39 is 0 Å². The molecule has 2 rings (SSSR count). The van der Waals surface area contributed by atoms with Gasteiger partial charge in [-0.05, 0) is 24.3 Å². The van der Waals surface area contributed by atoms with Gasteiger partial charge in [0.1, 0.15) is 24.7 Å². The number of carbonyl (C=O) groups is 1. The largest absolute Gasteiger partial charge is 0.490 e. The van der Waals surface area contributed by atoms with Gasteiger partial charge in [0, 0.05) is 14.2 Å². The Morgan fingerprint density at radius 2 is 0.909 bits per heavy atom. The van der Waals surface area contributed by atoms with Crippen LogP contribution in [0.1, 0.15) is 15.9 Å². The summed E-state index contributed by atoms with van der Waals surface area (Å²) in [6, 6.07) is 14.3. The Morgan fingerprint density at radius 1 is 0.545 bits per heavy atom. The molecule has 0 radical (unpaired) electrons. The fourth-order valence-corrected chi connectivity index (χ4v) is 2.83. The summed E-state index contributed by atoms with van der Waals surface area (Å²) in [6.07, 6.45) is 0. The quantitative estimate of drug-likeness (QED) is 0.233. The summed E-state index contributed by atoms with van der Waals surface area (Å²) in [5.41, 5.74) is 0.933. The number of hydrogen-bond acceptors (Lipinski definition) is 8. The normalized spacial score (nSPS) is 10.8. The second-order valence-corrected chi connectivity index (χ2v) is 6.84. The molecule has 0 amide bonds. The Hall–Kier alpha value is -2.49. The molecule has 0 spiro atoms. The van der Waals surface area contributed by atoms with Gasteiger partial charge in [0.25, 0.3) is 0 Å². The second kappa shape index (κ2) is 17.0. The standard InChI is InChI=1S/C25H34O8/c1-27-11-13-29-15-16-31-18-20-33-24-10-6-4-8-22(24)25(26)21-7-3-5-9-23(21)32-19-17-30-14-12-28-2/h3-10H,11-20H2,1-2H3. The highest BCUT2D eigenvalue weighted by Gasteiger charge is 2.18. The van der Waals surface area contributed by atoms with Crippen molar-refractivity contribution in [1.29, 1.82) is 0 Å². The molecule has 0 saturated heterocycles. The number of benzene rings is 2. The molecule has 0 unspecified atom stereocenters. The van der Waals surface area contributed by atoms with Crippen LogP contribution in [-0.4, -0.2) is 86.1 Å². The number of para-hydroxylation sites is 2. The molecule has 2 aromatic rings. The van der Waals surface area contributed by atoms with Crippen molar-refractivity contribution in [2.75, 3.05) is 80.3 Å². The van der Waals surface area contributed by atoms with E-state index in [0.717, 1.165) is 0 Å². The van der Waals surface area contributed by atoms with Crippen LogP contribution in [0.4, 0.5) is 0 Å². The summed E-state index contributed by atoms with van der Waals surface area (Å²) in [7, 11) is 3.25. The van der Waals surface area contributed by atoms with Gasteiger partial charge in [-0.25, -0.2) is 0 Å². The van der Waals surface area contributed by atoms with E-state index in [2.05, 4.69) is 0 Å². The van der Waals surface area contributed by atoms with Crippen molar-refractivity contribution in [1.82, 2.24) is 0 Å². The van der Waals surface area contributed by atoms with Crippen molar-refractivity contribution >= 4 is 5.78 Å². The van der Waals surface area contributed by atoms with E-state index in [9.17, 15) is 4.79 Å². The Bertz CT molecular complexity index is 795. The molecule has 0 aliphatic rings. The summed E-state index contributed by atoms with van der Waals surface area (Å²) < 4.78 is 37.7. The fourth-order valence-electron chi connectivity index (χ4n) is 2.83. The predicted molar refractivity (Wildman–Crippen MR) is 124 cm³/mol. The van der Waals surface area contributed by atoms with Crippen LogP contribution in [0.15, 0.2) is 48.5 Å². The number of hydrogen-bond donors (Lipinski definition) is 0. The van der Waals surface area contributed by atoms with E-state index in [1.165, 1.54) is 0 Å². The molecule has 182 valence electrons. The number of ether oxygens (including phenoxy) is 7. The molecule has 2 aromatic carbocycles. The van der Waals surface area contributed by atoms with Crippen molar-refractivity contribution in [3.63, 3.8) is 0 Å². The predicted octanol–water partition coefficient (Wildman–Crippen LogP) is 3.02. The Morgan fingerprint density at radius 3 is 1.33 bits per heavy atom. The third kappa shape index (κ3) is 10.3. The minimum absolute atomic E-state index is 0.172. The number of rotatable bonds is 19. The molecule has 0 saturated carbocycles. The van der Waals surface area contributed by atoms with Gasteiger partial charge in [-0.15, -0.1) is 0 Å². The smallest absolute Gasteiger partial charge is 0.200 e. The van der Waals surface area contributed by atoms with E-state index in [4.69, 9.17) is 33.2 Å². The SMILES string of the molecule is COCCOCCOCCOc1ccccc1C(=O)c1ccccc1OCCOCCOC. The van der Waals surface area contributed by atoms with Crippen LogP contribution in [0.5, 0.6) is 11.5 Å². The minimum atomic E-state index is -0.172. The summed E-state index contributed by atoms with van der Waals surface area (Å²) in [5.74, 6) is 0.832. The maximum atomic E-state index is 13.3. The molecular formula is C25H34O8. The summed E-state index contributed by atoms with van der Waals surface area (Å²) in [6.45, 7) is 4.52. The first-order valence-electron chi connectivity index (χ1n) is 11.0. The van der Waals surface area contributed by atoms with E-state index in [0.29, 0.717) is 88.7 Å². The maximum Gasteiger partial charge on any atom is 0.200 e. The summed E-state index contributed by atoms with van der Waals surface area (Å²) in [4.78, 5) is 13.3. The lowest BCUT2D eigenvalue weighted by atomic mass is 10.0. The highest BCUT2D eigenvalue weighted by Crippen LogP contribution is 2.26. The molecule has 0 fully saturated rings. The number of carbonyl (C=O) groups excluding carboxylic acids is 1. The van der Waals surface area contributed by atoms with Crippen molar-refractivity contribution < 1.29 is 38.0 Å². The zero-order valence-electron chi connectivity index (χ0n) is 19.5. The molecule has 0 heterocycles. The van der Waals surface area contributed by atoms with Crippen LogP contribution >= 0.6 is 0 Å². The molecule has 0 bridgehead atoms. The Balaban J connectivity index is 1.86. The molecule has 8 heteroatoms. The third-order valence-electron chi connectivity index (χ3n) is 4.47. The van der Waals surface area contributed by atoms with Crippen molar-refractivity contribution in [3.8, 4) is 11.5 Å². The molecular weight excluding hydrogens is 428 g/mol. The van der Waals surface area contributed by atoms with Crippen molar-refractivity contribution in [2.24, 2.45) is 0 Å². The number of ketones is 1. The molecule has 33 heavy (non-hydrogen) atoms. The van der Waals surface area contributed by atoms with E-state index in [-0.39, 0.29) is 5.78 Å². The minimum Gasteiger partial charge on any atom is -0.490 e. The Labute approximate surface area is 195 Å². The van der Waals surface area contributed by atoms with E-state index in [1.807, 2.05) is 12.1 Å². The van der Waals surface area contributed by atoms with Gasteiger partial charge in [-0.2, -0.15) is 0 Å². The first-order chi connectivity index (χ1) is 16.3. The van der Waals surface area contributed by atoms with Gasteiger partial charge in [0.15, 0.2) is 5.78 Å². The first kappa shape index (κ1) is 26.8. The van der Waals surface area contributed by atoms with Gasteiger partial charge >= 0.3 is 0 Å². The van der Waals surface area contributed by atoms with Crippen molar-refractivity contribution in [3.05, 3.63) is 59.7 Å². The highest BCUT2D eigenvalue weighted by molar-refractivity contribution is 6.12. The maximum absolute atomic E-state index is 13.3. The zero-order chi connectivity index (χ0) is 23.6. The molecule has 0 atom stereocenters. The average Bonchev–Trinajstić information content (AvgIpc) is 2.85. The Kier molecular flexibility index (Phi) is 13.8. The molecule has 8 nitrogen and oxygen atoms in total. The zero-order valence-corrected chi connectivity index (χ0v) is 19.5. The molecule has 0 aromatic heterocycles. The van der Waals surface area contributed by atoms with Gasteiger partial charge < -0.3 is 33.2 Å². The first-order valence-corrected chi connectivity index (χ1v) is 11.0. The van der Waals surface area contributed by atoms with E-state index in [1.54, 1.807) is 50.6 Å². The average molecular weight is 463 g/mol. The van der Waals surface area contributed by atoms with Gasteiger partial charge in [-0.1, -0.05) is 24.3 Å². The lowest BCUT2D eigenvalue weighted by Crippen LogP contribution is -2.14. The van der Waals surface area contributed by atoms with Crippen LogP contribution in [0.3, 0.4) is 0 Å². The topological polar surface area (TPSA) is 81.7 Å². The monoisotopic (exact) mass is 462 g/mol. The van der Waals surface area contributed by atoms with Gasteiger partial charge in [0.2, 0.25) is 0 Å². The highest BCUT2D eigenvalue weighted by atomic mass is 16.6. The number of methoxy groups -OCH3 is 2. The van der Waals surface area contributed by atoms with Crippen LogP contribution in [0.25, 0.3) is 0 Å². The van der Waals surface area contributed by atoms with Crippen LogP contribution in [0, 0.1) is 0 Å². The second-order valence-electron chi connectivity index (χ2n) is 6.84. The van der Waals surface area contributed by atoms with Crippen LogP contribution in [-0.2, 0) is 23.7 Å². The molecule has 0 aliphatic heterocycles. The van der Waals surface area contributed by atoms with Crippen molar-refractivity contribution in [2.45, 2.75) is 0 Å². The lowest BCUT2D eigenvalue weighted by Gasteiger charge is -2.14. The lowest BCUT2D eigenvalue weighted by molar-refractivity contribution is 0.0179. The fraction of sp³-hybridized carbons (Fsp3) is 0.480. The van der Waals surface area contributed by atoms with E-state index >= 15 is 0 Å².